The lowest BCUT2D eigenvalue weighted by Crippen LogP contribution is -1.89. The molecule has 0 aliphatic heterocycles. The maximum absolute atomic E-state index is 14.3. The summed E-state index contributed by atoms with van der Waals surface area (Å²) in [6.45, 7) is 0. The molecule has 0 spiro atoms. The Bertz CT molecular complexity index is 951. The van der Waals surface area contributed by atoms with E-state index in [0.717, 1.165) is 22.3 Å². The highest BCUT2D eigenvalue weighted by Crippen LogP contribution is 2.32. The van der Waals surface area contributed by atoms with Crippen LogP contribution in [0.5, 0.6) is 0 Å². The van der Waals surface area contributed by atoms with E-state index >= 15 is 0 Å². The minimum atomic E-state index is -0.273. The van der Waals surface area contributed by atoms with Crippen molar-refractivity contribution < 1.29 is 8.78 Å². The van der Waals surface area contributed by atoms with Crippen LogP contribution in [0.3, 0.4) is 0 Å². The van der Waals surface area contributed by atoms with Crippen LogP contribution in [-0.4, -0.2) is 0 Å². The highest BCUT2D eigenvalue weighted by molar-refractivity contribution is 5.77. The Kier molecular flexibility index (Phi) is 4.32. The molecule has 0 unspecified atom stereocenters. The van der Waals surface area contributed by atoms with Crippen molar-refractivity contribution in [1.82, 2.24) is 0 Å². The van der Waals surface area contributed by atoms with Crippen molar-refractivity contribution in [2.45, 2.75) is 0 Å². The molecule has 4 rings (SSSR count). The van der Waals surface area contributed by atoms with Crippen molar-refractivity contribution in [2.75, 3.05) is 0 Å². The Morgan fingerprint density at radius 3 is 1.15 bits per heavy atom. The van der Waals surface area contributed by atoms with Gasteiger partial charge in [0.15, 0.2) is 0 Å². The summed E-state index contributed by atoms with van der Waals surface area (Å²) in [4.78, 5) is 0. The fourth-order valence-electron chi connectivity index (χ4n) is 3.09. The van der Waals surface area contributed by atoms with Crippen LogP contribution in [0, 0.1) is 11.6 Å². The first-order valence-electron chi connectivity index (χ1n) is 8.43. The third-order valence-corrected chi connectivity index (χ3v) is 4.44. The molecule has 0 N–H and O–H groups in total. The second kappa shape index (κ2) is 6.93. The monoisotopic (exact) mass is 342 g/mol. The van der Waals surface area contributed by atoms with E-state index in [1.54, 1.807) is 12.1 Å². The second-order valence-corrected chi connectivity index (χ2v) is 6.12. The van der Waals surface area contributed by atoms with Crippen LogP contribution in [-0.2, 0) is 0 Å². The predicted octanol–water partition coefficient (Wildman–Crippen LogP) is 6.97. The fraction of sp³-hybridized carbons (Fsp3) is 0. The first-order valence-corrected chi connectivity index (χ1v) is 8.43. The van der Waals surface area contributed by atoms with E-state index in [-0.39, 0.29) is 11.6 Å². The maximum atomic E-state index is 14.3. The Hall–Kier alpha value is -3.26. The molecule has 0 saturated carbocycles. The average Bonchev–Trinajstić information content (AvgIpc) is 2.70. The van der Waals surface area contributed by atoms with E-state index in [0.29, 0.717) is 11.1 Å². The SMILES string of the molecule is Fc1ccc(-c2ccc(F)c(-c3ccccc3)c2)cc1-c1ccccc1. The highest BCUT2D eigenvalue weighted by Gasteiger charge is 2.10. The zero-order chi connectivity index (χ0) is 17.9. The highest BCUT2D eigenvalue weighted by atomic mass is 19.1. The van der Waals surface area contributed by atoms with Gasteiger partial charge in [0.25, 0.3) is 0 Å². The van der Waals surface area contributed by atoms with Gasteiger partial charge >= 0.3 is 0 Å². The van der Waals surface area contributed by atoms with Gasteiger partial charge in [-0.2, -0.15) is 0 Å². The van der Waals surface area contributed by atoms with Gasteiger partial charge < -0.3 is 0 Å². The fourth-order valence-corrected chi connectivity index (χ4v) is 3.09. The lowest BCUT2D eigenvalue weighted by atomic mass is 9.95. The van der Waals surface area contributed by atoms with Crippen molar-refractivity contribution in [3.63, 3.8) is 0 Å². The van der Waals surface area contributed by atoms with E-state index < -0.39 is 0 Å². The topological polar surface area (TPSA) is 0 Å². The van der Waals surface area contributed by atoms with Crippen LogP contribution in [0.1, 0.15) is 0 Å². The van der Waals surface area contributed by atoms with Crippen LogP contribution in [0.2, 0.25) is 0 Å². The van der Waals surface area contributed by atoms with Crippen molar-refractivity contribution >= 4 is 0 Å². The molecular weight excluding hydrogens is 326 g/mol. The molecule has 0 bridgehead atoms. The molecule has 4 aromatic rings. The summed E-state index contributed by atoms with van der Waals surface area (Å²) < 4.78 is 28.6. The first-order chi connectivity index (χ1) is 12.7. The van der Waals surface area contributed by atoms with E-state index in [1.165, 1.54) is 12.1 Å². The van der Waals surface area contributed by atoms with Gasteiger partial charge in [0.1, 0.15) is 11.6 Å². The minimum absolute atomic E-state index is 0.273. The first kappa shape index (κ1) is 16.2. The summed E-state index contributed by atoms with van der Waals surface area (Å²) >= 11 is 0. The molecule has 0 heterocycles. The molecule has 0 aliphatic carbocycles. The van der Waals surface area contributed by atoms with Gasteiger partial charge in [-0.15, -0.1) is 0 Å². The second-order valence-electron chi connectivity index (χ2n) is 6.12. The van der Waals surface area contributed by atoms with Gasteiger partial charge in [0.2, 0.25) is 0 Å². The predicted molar refractivity (Wildman–Crippen MR) is 103 cm³/mol. The van der Waals surface area contributed by atoms with Crippen LogP contribution in [0.25, 0.3) is 33.4 Å². The number of rotatable bonds is 3. The molecule has 2 heteroatoms. The molecule has 0 saturated heterocycles. The number of benzene rings is 4. The van der Waals surface area contributed by atoms with Gasteiger partial charge in [0, 0.05) is 11.1 Å². The van der Waals surface area contributed by atoms with Crippen LogP contribution in [0.4, 0.5) is 8.78 Å². The Morgan fingerprint density at radius 2 is 0.769 bits per heavy atom. The Morgan fingerprint density at radius 1 is 0.385 bits per heavy atom. The Labute approximate surface area is 151 Å². The quantitative estimate of drug-likeness (QED) is 0.377. The zero-order valence-electron chi connectivity index (χ0n) is 14.0. The van der Waals surface area contributed by atoms with Gasteiger partial charge in [-0.3, -0.25) is 0 Å². The molecule has 26 heavy (non-hydrogen) atoms. The van der Waals surface area contributed by atoms with E-state index in [2.05, 4.69) is 0 Å². The molecule has 0 nitrogen and oxygen atoms in total. The van der Waals surface area contributed by atoms with Crippen molar-refractivity contribution in [2.24, 2.45) is 0 Å². The summed E-state index contributed by atoms with van der Waals surface area (Å²) in [7, 11) is 0. The summed E-state index contributed by atoms with van der Waals surface area (Å²) in [5, 5.41) is 0. The van der Waals surface area contributed by atoms with E-state index in [1.807, 2.05) is 72.8 Å². The molecular formula is C24H16F2. The smallest absolute Gasteiger partial charge is 0.131 e. The number of halogens is 2. The minimum Gasteiger partial charge on any atom is -0.206 e. The van der Waals surface area contributed by atoms with Crippen molar-refractivity contribution in [3.05, 3.63) is 109 Å². The van der Waals surface area contributed by atoms with E-state index in [4.69, 9.17) is 0 Å². The van der Waals surface area contributed by atoms with Gasteiger partial charge in [-0.1, -0.05) is 72.8 Å². The van der Waals surface area contributed by atoms with E-state index in [9.17, 15) is 8.78 Å². The summed E-state index contributed by atoms with van der Waals surface area (Å²) in [5.74, 6) is -0.546. The molecule has 0 amide bonds. The summed E-state index contributed by atoms with van der Waals surface area (Å²) in [6, 6.07) is 28.8. The molecule has 126 valence electrons. The van der Waals surface area contributed by atoms with Crippen molar-refractivity contribution in [3.8, 4) is 33.4 Å². The maximum Gasteiger partial charge on any atom is 0.131 e. The van der Waals surface area contributed by atoms with Crippen LogP contribution in [0.15, 0.2) is 97.1 Å². The molecule has 0 radical (unpaired) electrons. The largest absolute Gasteiger partial charge is 0.206 e. The molecule has 0 aliphatic rings. The summed E-state index contributed by atoms with van der Waals surface area (Å²) in [5.41, 5.74) is 4.40. The Balaban J connectivity index is 1.82. The van der Waals surface area contributed by atoms with Crippen molar-refractivity contribution in [1.29, 1.82) is 0 Å². The normalized spacial score (nSPS) is 10.7. The van der Waals surface area contributed by atoms with Gasteiger partial charge in [-0.25, -0.2) is 8.78 Å². The summed E-state index contributed by atoms with van der Waals surface area (Å²) in [6.07, 6.45) is 0. The zero-order valence-corrected chi connectivity index (χ0v) is 14.0. The van der Waals surface area contributed by atoms with Crippen LogP contribution >= 0.6 is 0 Å². The van der Waals surface area contributed by atoms with Gasteiger partial charge in [0.05, 0.1) is 0 Å². The third-order valence-electron chi connectivity index (χ3n) is 4.44. The number of hydrogen-bond acceptors (Lipinski definition) is 0. The standard InChI is InChI=1S/C24H16F2/c25-23-13-11-19(15-21(23)17-7-3-1-4-8-17)20-12-14-24(26)22(16-20)18-9-5-2-6-10-18/h1-16H. The molecule has 4 aromatic carbocycles. The number of hydrogen-bond donors (Lipinski definition) is 0. The lowest BCUT2D eigenvalue weighted by Gasteiger charge is -2.10. The van der Waals surface area contributed by atoms with Gasteiger partial charge in [-0.05, 0) is 46.5 Å². The lowest BCUT2D eigenvalue weighted by molar-refractivity contribution is 0.630. The molecule has 0 fully saturated rings. The molecule has 0 aromatic heterocycles. The third kappa shape index (κ3) is 3.14. The molecule has 0 atom stereocenters. The average molecular weight is 342 g/mol. The van der Waals surface area contributed by atoms with Crippen LogP contribution < -0.4 is 0 Å².